The van der Waals surface area contributed by atoms with Crippen LogP contribution in [-0.2, 0) is 24.4 Å². The van der Waals surface area contributed by atoms with E-state index in [4.69, 9.17) is 27.8 Å². The van der Waals surface area contributed by atoms with Crippen LogP contribution in [0, 0.1) is 0 Å². The number of ether oxygens (including phenoxy) is 1. The molecule has 0 aliphatic heterocycles. The number of carbonyl (C=O) groups is 2. The van der Waals surface area contributed by atoms with Gasteiger partial charge in [-0.3, -0.25) is 9.59 Å². The summed E-state index contributed by atoms with van der Waals surface area (Å²) >= 11 is 5.92. The number of amides is 2. The zero-order valence-electron chi connectivity index (χ0n) is 20.3. The van der Waals surface area contributed by atoms with Crippen molar-refractivity contribution in [1.82, 2.24) is 30.1 Å². The molecule has 0 saturated carbocycles. The Labute approximate surface area is 208 Å². The zero-order chi connectivity index (χ0) is 25.7. The second-order valence-corrected chi connectivity index (χ2v) is 8.19. The van der Waals surface area contributed by atoms with E-state index in [0.29, 0.717) is 31.2 Å². The molecule has 0 aliphatic carbocycles. The van der Waals surface area contributed by atoms with E-state index >= 15 is 0 Å². The van der Waals surface area contributed by atoms with Gasteiger partial charge in [0, 0.05) is 26.2 Å². The van der Waals surface area contributed by atoms with E-state index < -0.39 is 5.91 Å². The number of methoxy groups -OCH3 is 1. The highest BCUT2D eigenvalue weighted by Gasteiger charge is 2.28. The van der Waals surface area contributed by atoms with Crippen LogP contribution >= 0.6 is 11.6 Å². The van der Waals surface area contributed by atoms with Crippen molar-refractivity contribution in [2.45, 2.75) is 26.6 Å². The summed E-state index contributed by atoms with van der Waals surface area (Å²) in [7, 11) is 5.19. The van der Waals surface area contributed by atoms with Crippen LogP contribution in [0.5, 0.6) is 5.75 Å². The summed E-state index contributed by atoms with van der Waals surface area (Å²) in [6, 6.07) is 5.64. The Hall–Kier alpha value is -3.64. The van der Waals surface area contributed by atoms with E-state index in [1.807, 2.05) is 41.3 Å². The zero-order valence-corrected chi connectivity index (χ0v) is 21.0. The van der Waals surface area contributed by atoms with Gasteiger partial charge in [-0.1, -0.05) is 11.6 Å². The maximum Gasteiger partial charge on any atom is 0.277 e. The van der Waals surface area contributed by atoms with E-state index in [-0.39, 0.29) is 41.5 Å². The van der Waals surface area contributed by atoms with Crippen molar-refractivity contribution in [3.63, 3.8) is 0 Å². The van der Waals surface area contributed by atoms with Gasteiger partial charge < -0.3 is 31.7 Å². The number of carbonyl (C=O) groups excluding carboxylic acids is 2. The maximum atomic E-state index is 13.0. The summed E-state index contributed by atoms with van der Waals surface area (Å²) < 4.78 is 9.31. The molecule has 12 nitrogen and oxygen atoms in total. The van der Waals surface area contributed by atoms with Crippen molar-refractivity contribution in [2.75, 3.05) is 45.8 Å². The van der Waals surface area contributed by atoms with Gasteiger partial charge in [-0.25, -0.2) is 19.1 Å². The van der Waals surface area contributed by atoms with Crippen molar-refractivity contribution < 1.29 is 18.9 Å². The average Bonchev–Trinajstić information content (AvgIpc) is 3.14. The summed E-state index contributed by atoms with van der Waals surface area (Å²) in [6.07, 6.45) is 0. The first kappa shape index (κ1) is 26.0. The molecule has 1 aromatic carbocycles. The normalized spacial score (nSPS) is 11.0. The number of nitrogens with two attached hydrogens (primary N) is 2. The Bertz CT molecular complexity index is 1240. The Morgan fingerprint density at radius 3 is 2.66 bits per heavy atom. The van der Waals surface area contributed by atoms with Crippen molar-refractivity contribution in [3.8, 4) is 5.75 Å². The number of hydrogen-bond donors (Lipinski definition) is 4. The number of nitrogen functional groups attached to an aromatic ring is 2. The molecule has 13 heteroatoms. The lowest BCUT2D eigenvalue weighted by Crippen LogP contribution is -2.48. The van der Waals surface area contributed by atoms with Crippen LogP contribution in [0.1, 0.15) is 23.2 Å². The number of rotatable bonds is 10. The summed E-state index contributed by atoms with van der Waals surface area (Å²) in [5, 5.41) is 5.75. The Morgan fingerprint density at radius 1 is 1.26 bits per heavy atom. The van der Waals surface area contributed by atoms with Crippen LogP contribution in [0.15, 0.2) is 18.2 Å². The van der Waals surface area contributed by atoms with Gasteiger partial charge in [0.2, 0.25) is 0 Å². The summed E-state index contributed by atoms with van der Waals surface area (Å²) in [5.41, 5.74) is 13.0. The summed E-state index contributed by atoms with van der Waals surface area (Å²) in [5.74, 6) is 0.589. The lowest BCUT2D eigenvalue weighted by Gasteiger charge is -2.16. The number of likely N-dealkylation sites (N-methyl/N-ethyl adjacent to an activating group) is 2. The molecule has 3 rings (SSSR count). The van der Waals surface area contributed by atoms with E-state index in [1.165, 1.54) is 0 Å². The highest BCUT2D eigenvalue weighted by molar-refractivity contribution is 6.31. The molecular formula is C22H31ClN9O3+. The molecule has 35 heavy (non-hydrogen) atoms. The molecule has 0 bridgehead atoms. The molecule has 0 spiro atoms. The minimum Gasteiger partial charge on any atom is -0.497 e. The van der Waals surface area contributed by atoms with Crippen LogP contribution < -0.4 is 31.4 Å². The Morgan fingerprint density at radius 2 is 2.00 bits per heavy atom. The monoisotopic (exact) mass is 504 g/mol. The molecule has 3 aromatic rings. The van der Waals surface area contributed by atoms with Gasteiger partial charge >= 0.3 is 0 Å². The van der Waals surface area contributed by atoms with Gasteiger partial charge in [0.15, 0.2) is 40.1 Å². The third kappa shape index (κ3) is 5.54. The van der Waals surface area contributed by atoms with Gasteiger partial charge in [-0.2, -0.15) is 0 Å². The smallest absolute Gasteiger partial charge is 0.277 e. The molecule has 2 aromatic heterocycles. The van der Waals surface area contributed by atoms with Crippen LogP contribution in [0.4, 0.5) is 11.6 Å². The van der Waals surface area contributed by atoms with E-state index in [1.54, 1.807) is 19.1 Å². The molecule has 0 unspecified atom stereocenters. The van der Waals surface area contributed by atoms with Crippen LogP contribution in [-0.4, -0.2) is 65.5 Å². The molecule has 0 atom stereocenters. The molecule has 0 fully saturated rings. The lowest BCUT2D eigenvalue weighted by atomic mass is 10.3. The fourth-order valence-electron chi connectivity index (χ4n) is 3.73. The minimum absolute atomic E-state index is 0.0560. The first-order chi connectivity index (χ1) is 16.7. The van der Waals surface area contributed by atoms with Crippen LogP contribution in [0.3, 0.4) is 0 Å². The number of halogens is 1. The first-order valence-electron chi connectivity index (χ1n) is 11.1. The standard InChI is InChI=1S/C22H30ClN9O3/c1-5-31-15-10-13(35-4)6-7-14(15)32(12-17(33)30(3)9-8-26-2)16(31)11-27-22(34)18-20(24)29-21(25)19(23)28-18/h6-7,10,26H,5,8-9,11-12H2,1-4H3,(H4-,24,25,27,29,34)/p+1. The highest BCUT2D eigenvalue weighted by Crippen LogP contribution is 2.22. The number of aromatic nitrogens is 4. The second kappa shape index (κ2) is 11.2. The topological polar surface area (TPSA) is 157 Å². The number of nitrogens with zero attached hydrogens (tertiary/aromatic N) is 5. The van der Waals surface area contributed by atoms with Gasteiger partial charge in [0.1, 0.15) is 12.3 Å². The number of fused-ring (bicyclic) bond motifs is 1. The Kier molecular flexibility index (Phi) is 8.30. The fourth-order valence-corrected chi connectivity index (χ4v) is 3.86. The minimum atomic E-state index is -0.564. The van der Waals surface area contributed by atoms with Crippen molar-refractivity contribution in [2.24, 2.45) is 0 Å². The molecule has 0 radical (unpaired) electrons. The third-order valence-electron chi connectivity index (χ3n) is 5.65. The quantitative estimate of drug-likeness (QED) is 0.284. The SMILES string of the molecule is CCn1c(CNC(=O)c2nc(Cl)c(N)nc2N)[n+](CC(=O)N(C)CCNC)c2ccc(OC)cc21. The van der Waals surface area contributed by atoms with Crippen molar-refractivity contribution in [3.05, 3.63) is 34.9 Å². The van der Waals surface area contributed by atoms with Gasteiger partial charge in [0.25, 0.3) is 17.6 Å². The van der Waals surface area contributed by atoms with E-state index in [0.717, 1.165) is 11.0 Å². The lowest BCUT2D eigenvalue weighted by molar-refractivity contribution is -0.668. The molecule has 0 aliphatic rings. The van der Waals surface area contributed by atoms with Crippen molar-refractivity contribution >= 4 is 46.1 Å². The number of hydrogen-bond acceptors (Lipinski definition) is 8. The number of aryl methyl sites for hydroxylation is 1. The Balaban J connectivity index is 1.99. The second-order valence-electron chi connectivity index (χ2n) is 7.84. The molecule has 2 amide bonds. The largest absolute Gasteiger partial charge is 0.497 e. The molecular weight excluding hydrogens is 474 g/mol. The van der Waals surface area contributed by atoms with Crippen LogP contribution in [0.25, 0.3) is 11.0 Å². The number of imidazole rings is 1. The van der Waals surface area contributed by atoms with Gasteiger partial charge in [0.05, 0.1) is 13.7 Å². The molecule has 188 valence electrons. The summed E-state index contributed by atoms with van der Waals surface area (Å²) in [4.78, 5) is 35.3. The summed E-state index contributed by atoms with van der Waals surface area (Å²) in [6.45, 7) is 4.02. The third-order valence-corrected chi connectivity index (χ3v) is 5.93. The molecule has 2 heterocycles. The van der Waals surface area contributed by atoms with E-state index in [9.17, 15) is 9.59 Å². The highest BCUT2D eigenvalue weighted by atomic mass is 35.5. The number of benzene rings is 1. The predicted molar refractivity (Wildman–Crippen MR) is 133 cm³/mol. The van der Waals surface area contributed by atoms with E-state index in [2.05, 4.69) is 20.6 Å². The average molecular weight is 505 g/mol. The van der Waals surface area contributed by atoms with Crippen molar-refractivity contribution in [1.29, 1.82) is 0 Å². The molecule has 6 N–H and O–H groups in total. The maximum absolute atomic E-state index is 13.0. The first-order valence-corrected chi connectivity index (χ1v) is 11.4. The van der Waals surface area contributed by atoms with Gasteiger partial charge in [-0.05, 0) is 26.1 Å². The number of anilines is 2. The fraction of sp³-hybridized carbons (Fsp3) is 0.409. The molecule has 0 saturated heterocycles. The predicted octanol–water partition coefficient (Wildman–Crippen LogP) is 0.173. The van der Waals surface area contributed by atoms with Crippen LogP contribution in [0.2, 0.25) is 5.15 Å². The van der Waals surface area contributed by atoms with Gasteiger partial charge in [-0.15, -0.1) is 0 Å². The number of nitrogens with one attached hydrogen (secondary N) is 2.